The number of nitrogens with one attached hydrogen (secondary N) is 1. The van der Waals surface area contributed by atoms with Crippen LogP contribution in [-0.2, 0) is 0 Å². The Labute approximate surface area is 115 Å². The van der Waals surface area contributed by atoms with Crippen molar-refractivity contribution in [1.82, 2.24) is 10.2 Å². The van der Waals surface area contributed by atoms with Crippen molar-refractivity contribution in [3.8, 4) is 5.75 Å². The Kier molecular flexibility index (Phi) is 4.04. The Bertz CT molecular complexity index is 421. The second kappa shape index (κ2) is 5.93. The predicted octanol–water partition coefficient (Wildman–Crippen LogP) is 2.58. The van der Waals surface area contributed by atoms with Gasteiger partial charge in [-0.1, -0.05) is 25.1 Å². The van der Waals surface area contributed by atoms with Crippen LogP contribution in [0.5, 0.6) is 5.75 Å². The minimum absolute atomic E-state index is 0.462. The average Bonchev–Trinajstić information content (AvgIpc) is 2.92. The first-order valence-corrected chi connectivity index (χ1v) is 7.57. The smallest absolute Gasteiger partial charge is 0.124 e. The third-order valence-electron chi connectivity index (χ3n) is 4.46. The molecule has 0 amide bonds. The molecule has 2 aliphatic heterocycles. The van der Waals surface area contributed by atoms with Gasteiger partial charge in [-0.2, -0.15) is 0 Å². The fraction of sp³-hybridized carbons (Fsp3) is 0.625. The molecule has 0 bridgehead atoms. The second-order valence-corrected chi connectivity index (χ2v) is 5.56. The molecule has 1 N–H and O–H groups in total. The van der Waals surface area contributed by atoms with Gasteiger partial charge in [0.25, 0.3) is 0 Å². The summed E-state index contributed by atoms with van der Waals surface area (Å²) in [4.78, 5) is 2.60. The van der Waals surface area contributed by atoms with Gasteiger partial charge < -0.3 is 10.1 Å². The Morgan fingerprint density at radius 3 is 3.11 bits per heavy atom. The van der Waals surface area contributed by atoms with Crippen molar-refractivity contribution in [3.63, 3.8) is 0 Å². The predicted molar refractivity (Wildman–Crippen MR) is 77.6 cm³/mol. The van der Waals surface area contributed by atoms with Gasteiger partial charge in [0.1, 0.15) is 5.75 Å². The summed E-state index contributed by atoms with van der Waals surface area (Å²) in [6.45, 7) is 6.65. The van der Waals surface area contributed by atoms with Gasteiger partial charge >= 0.3 is 0 Å². The lowest BCUT2D eigenvalue weighted by Crippen LogP contribution is -2.40. The maximum absolute atomic E-state index is 5.72. The summed E-state index contributed by atoms with van der Waals surface area (Å²) in [5, 5.41) is 3.76. The van der Waals surface area contributed by atoms with Crippen LogP contribution in [0.3, 0.4) is 0 Å². The number of likely N-dealkylation sites (tertiary alicyclic amines) is 1. The van der Waals surface area contributed by atoms with Crippen LogP contribution < -0.4 is 10.1 Å². The van der Waals surface area contributed by atoms with Crippen LogP contribution in [0.15, 0.2) is 24.3 Å². The molecule has 1 fully saturated rings. The van der Waals surface area contributed by atoms with Crippen LogP contribution in [0.25, 0.3) is 0 Å². The Morgan fingerprint density at radius 2 is 2.21 bits per heavy atom. The summed E-state index contributed by atoms with van der Waals surface area (Å²) >= 11 is 0. The molecule has 104 valence electrons. The van der Waals surface area contributed by atoms with Crippen molar-refractivity contribution < 1.29 is 4.74 Å². The van der Waals surface area contributed by atoms with Crippen LogP contribution in [0.1, 0.15) is 37.8 Å². The van der Waals surface area contributed by atoms with Crippen molar-refractivity contribution in [2.24, 2.45) is 0 Å². The molecule has 3 nitrogen and oxygen atoms in total. The SMILES string of the molecule is CCN1CCCC1CNC1CCOc2ccccc21. The minimum Gasteiger partial charge on any atom is -0.493 e. The van der Waals surface area contributed by atoms with E-state index in [-0.39, 0.29) is 0 Å². The van der Waals surface area contributed by atoms with Gasteiger partial charge in [0.2, 0.25) is 0 Å². The monoisotopic (exact) mass is 260 g/mol. The van der Waals surface area contributed by atoms with Gasteiger partial charge in [-0.15, -0.1) is 0 Å². The van der Waals surface area contributed by atoms with Gasteiger partial charge in [0.15, 0.2) is 0 Å². The Morgan fingerprint density at radius 1 is 1.32 bits per heavy atom. The molecule has 1 aromatic carbocycles. The first-order valence-electron chi connectivity index (χ1n) is 7.57. The molecule has 0 radical (unpaired) electrons. The largest absolute Gasteiger partial charge is 0.493 e. The topological polar surface area (TPSA) is 24.5 Å². The third-order valence-corrected chi connectivity index (χ3v) is 4.46. The zero-order chi connectivity index (χ0) is 13.1. The van der Waals surface area contributed by atoms with E-state index in [4.69, 9.17) is 4.74 Å². The van der Waals surface area contributed by atoms with Crippen molar-refractivity contribution in [3.05, 3.63) is 29.8 Å². The Balaban J connectivity index is 1.62. The van der Waals surface area contributed by atoms with E-state index in [2.05, 4.69) is 41.4 Å². The lowest BCUT2D eigenvalue weighted by Gasteiger charge is -2.30. The highest BCUT2D eigenvalue weighted by molar-refractivity contribution is 5.37. The quantitative estimate of drug-likeness (QED) is 0.900. The maximum atomic E-state index is 5.72. The van der Waals surface area contributed by atoms with Gasteiger partial charge in [0.05, 0.1) is 6.61 Å². The van der Waals surface area contributed by atoms with E-state index in [1.165, 1.54) is 31.5 Å². The summed E-state index contributed by atoms with van der Waals surface area (Å²) in [5.74, 6) is 1.06. The summed E-state index contributed by atoms with van der Waals surface area (Å²) < 4.78 is 5.72. The molecule has 2 heterocycles. The van der Waals surface area contributed by atoms with Crippen LogP contribution in [-0.4, -0.2) is 37.2 Å². The summed E-state index contributed by atoms with van der Waals surface area (Å²) in [6, 6.07) is 9.62. The Hall–Kier alpha value is -1.06. The molecule has 2 aliphatic rings. The first-order chi connectivity index (χ1) is 9.38. The van der Waals surface area contributed by atoms with E-state index in [1.807, 2.05) is 0 Å². The molecule has 3 rings (SSSR count). The maximum Gasteiger partial charge on any atom is 0.124 e. The van der Waals surface area contributed by atoms with E-state index in [9.17, 15) is 0 Å². The van der Waals surface area contributed by atoms with E-state index >= 15 is 0 Å². The summed E-state index contributed by atoms with van der Waals surface area (Å²) in [5.41, 5.74) is 1.33. The molecule has 1 aromatic rings. The molecule has 0 aliphatic carbocycles. The molecule has 0 aromatic heterocycles. The summed E-state index contributed by atoms with van der Waals surface area (Å²) in [7, 11) is 0. The third kappa shape index (κ3) is 2.77. The van der Waals surface area contributed by atoms with E-state index < -0.39 is 0 Å². The summed E-state index contributed by atoms with van der Waals surface area (Å²) in [6.07, 6.45) is 3.77. The number of fused-ring (bicyclic) bond motifs is 1. The van der Waals surface area contributed by atoms with Gasteiger partial charge in [-0.25, -0.2) is 0 Å². The number of rotatable bonds is 4. The number of nitrogens with zero attached hydrogens (tertiary/aromatic N) is 1. The van der Waals surface area contributed by atoms with E-state index in [1.54, 1.807) is 0 Å². The highest BCUT2D eigenvalue weighted by Crippen LogP contribution is 2.31. The van der Waals surface area contributed by atoms with E-state index in [0.29, 0.717) is 6.04 Å². The molecular weight excluding hydrogens is 236 g/mol. The number of hydrogen-bond acceptors (Lipinski definition) is 3. The van der Waals surface area contributed by atoms with E-state index in [0.717, 1.165) is 31.4 Å². The van der Waals surface area contributed by atoms with Crippen LogP contribution in [0.4, 0.5) is 0 Å². The molecule has 3 heteroatoms. The van der Waals surface area contributed by atoms with Gasteiger partial charge in [0, 0.05) is 30.6 Å². The molecular formula is C16H24N2O. The molecule has 1 saturated heterocycles. The number of hydrogen-bond donors (Lipinski definition) is 1. The molecule has 2 atom stereocenters. The zero-order valence-corrected chi connectivity index (χ0v) is 11.8. The number of para-hydroxylation sites is 1. The van der Waals surface area contributed by atoms with Crippen molar-refractivity contribution in [2.75, 3.05) is 26.2 Å². The first kappa shape index (κ1) is 12.9. The highest BCUT2D eigenvalue weighted by atomic mass is 16.5. The fourth-order valence-corrected chi connectivity index (χ4v) is 3.38. The average molecular weight is 260 g/mol. The molecule has 2 unspecified atom stereocenters. The minimum atomic E-state index is 0.462. The van der Waals surface area contributed by atoms with Crippen LogP contribution in [0.2, 0.25) is 0 Å². The fourth-order valence-electron chi connectivity index (χ4n) is 3.38. The lowest BCUT2D eigenvalue weighted by atomic mass is 10.0. The zero-order valence-electron chi connectivity index (χ0n) is 11.8. The second-order valence-electron chi connectivity index (χ2n) is 5.56. The van der Waals surface area contributed by atoms with Crippen molar-refractivity contribution >= 4 is 0 Å². The molecule has 19 heavy (non-hydrogen) atoms. The lowest BCUT2D eigenvalue weighted by molar-refractivity contribution is 0.226. The normalized spacial score (nSPS) is 27.0. The van der Waals surface area contributed by atoms with Crippen LogP contribution >= 0.6 is 0 Å². The number of likely N-dealkylation sites (N-methyl/N-ethyl adjacent to an activating group) is 1. The highest BCUT2D eigenvalue weighted by Gasteiger charge is 2.25. The number of benzene rings is 1. The van der Waals surface area contributed by atoms with Gasteiger partial charge in [-0.05, 0) is 32.0 Å². The van der Waals surface area contributed by atoms with Crippen molar-refractivity contribution in [2.45, 2.75) is 38.3 Å². The van der Waals surface area contributed by atoms with Crippen LogP contribution in [0, 0.1) is 0 Å². The van der Waals surface area contributed by atoms with Crippen molar-refractivity contribution in [1.29, 1.82) is 0 Å². The standard InChI is InChI=1S/C16H24N2O/c1-2-18-10-5-6-13(18)12-17-15-9-11-19-16-8-4-3-7-14(15)16/h3-4,7-8,13,15,17H,2,5-6,9-12H2,1H3. The van der Waals surface area contributed by atoms with Gasteiger partial charge in [-0.3, -0.25) is 4.90 Å². The number of ether oxygens (including phenoxy) is 1. The molecule has 0 saturated carbocycles. The molecule has 0 spiro atoms.